The second-order valence-corrected chi connectivity index (χ2v) is 20.9. The molecule has 19 heteroatoms. The van der Waals surface area contributed by atoms with Crippen LogP contribution in [0, 0.1) is 11.7 Å². The SMILES string of the molecule is CN1C[C@@H](N2CCC(C(O)N3CCN(c4ccc5c(c4)C(=O)N(C4CCC(=O)NC4=O)C5=O)CC3)CC2)C[C@H]1COc1nc(N2CC3CCC(C2)N3)c2cnc(-c3cccc4cccc(Cl)c34)c(F)c2n1. The zero-order valence-corrected chi connectivity index (χ0v) is 40.4. The maximum Gasteiger partial charge on any atom is 0.319 e. The monoisotopic (exact) mass is 985 g/mol. The van der Waals surface area contributed by atoms with Gasteiger partial charge in [-0.25, -0.2) is 4.39 Å². The van der Waals surface area contributed by atoms with Gasteiger partial charge in [-0.1, -0.05) is 41.9 Å². The number of imide groups is 2. The van der Waals surface area contributed by atoms with Crippen LogP contribution in [0.3, 0.4) is 0 Å². The Morgan fingerprint density at radius 2 is 1.59 bits per heavy atom. The number of likely N-dealkylation sites (tertiary alicyclic amines) is 2. The topological polar surface area (TPSA) is 180 Å². The number of carbonyl (C=O) groups is 4. The highest BCUT2D eigenvalue weighted by Gasteiger charge is 2.45. The molecular formula is C52H57ClFN11O6. The fourth-order valence-corrected chi connectivity index (χ4v) is 12.7. The van der Waals surface area contributed by atoms with E-state index in [1.807, 2.05) is 36.4 Å². The van der Waals surface area contributed by atoms with Crippen LogP contribution in [-0.2, 0) is 9.59 Å². The number of carbonyl (C=O) groups excluding carboxylic acids is 4. The van der Waals surface area contributed by atoms with Gasteiger partial charge in [-0.2, -0.15) is 9.97 Å². The summed E-state index contributed by atoms with van der Waals surface area (Å²) >= 11 is 6.70. The first-order valence-electron chi connectivity index (χ1n) is 25.1. The molecule has 12 rings (SSSR count). The summed E-state index contributed by atoms with van der Waals surface area (Å²) in [7, 11) is 2.12. The van der Waals surface area contributed by atoms with Crippen molar-refractivity contribution in [3.8, 4) is 17.3 Å². The third-order valence-electron chi connectivity index (χ3n) is 16.3. The largest absolute Gasteiger partial charge is 0.462 e. The molecule has 7 aliphatic rings. The molecule has 17 nitrogen and oxygen atoms in total. The number of aliphatic hydroxyl groups excluding tert-OH is 1. The van der Waals surface area contributed by atoms with E-state index < -0.39 is 41.7 Å². The Morgan fingerprint density at radius 3 is 2.35 bits per heavy atom. The van der Waals surface area contributed by atoms with Crippen LogP contribution in [-0.4, -0.2) is 172 Å². The molecule has 2 bridgehead atoms. The summed E-state index contributed by atoms with van der Waals surface area (Å²) in [5, 5.41) is 20.3. The molecule has 5 aromatic rings. The van der Waals surface area contributed by atoms with E-state index in [0.717, 1.165) is 86.2 Å². The van der Waals surface area contributed by atoms with Crippen molar-refractivity contribution in [2.24, 2.45) is 5.92 Å². The van der Waals surface area contributed by atoms with Crippen LogP contribution in [0.25, 0.3) is 32.9 Å². The minimum Gasteiger partial charge on any atom is -0.462 e. The number of halogens is 2. The number of likely N-dealkylation sites (N-methyl/N-ethyl adjacent to an activating group) is 1. The van der Waals surface area contributed by atoms with Gasteiger partial charge >= 0.3 is 6.01 Å². The summed E-state index contributed by atoms with van der Waals surface area (Å²) in [6.07, 6.45) is 6.13. The van der Waals surface area contributed by atoms with E-state index in [1.54, 1.807) is 24.4 Å². The van der Waals surface area contributed by atoms with Crippen LogP contribution in [0.4, 0.5) is 15.9 Å². The maximum absolute atomic E-state index is 17.0. The van der Waals surface area contributed by atoms with E-state index >= 15 is 4.39 Å². The lowest BCUT2D eigenvalue weighted by atomic mass is 9.92. The third-order valence-corrected chi connectivity index (χ3v) is 16.6. The minimum absolute atomic E-state index is 0.0694. The molecule has 4 amide bonds. The highest BCUT2D eigenvalue weighted by Crippen LogP contribution is 2.39. The van der Waals surface area contributed by atoms with E-state index in [9.17, 15) is 24.3 Å². The molecule has 0 radical (unpaired) electrons. The Morgan fingerprint density at radius 1 is 0.845 bits per heavy atom. The number of aliphatic hydroxyl groups is 1. The van der Waals surface area contributed by atoms with Gasteiger partial charge in [0.2, 0.25) is 11.8 Å². The molecule has 0 saturated carbocycles. The van der Waals surface area contributed by atoms with Gasteiger partial charge in [0, 0.05) is 110 Å². The average molecular weight is 987 g/mol. The predicted molar refractivity (Wildman–Crippen MR) is 265 cm³/mol. The number of anilines is 2. The van der Waals surface area contributed by atoms with Gasteiger partial charge in [0.15, 0.2) is 5.82 Å². The number of piperazine rings is 2. The number of hydrogen-bond acceptors (Lipinski definition) is 15. The lowest BCUT2D eigenvalue weighted by molar-refractivity contribution is -0.136. The van der Waals surface area contributed by atoms with Crippen molar-refractivity contribution >= 4 is 68.4 Å². The van der Waals surface area contributed by atoms with Gasteiger partial charge in [-0.15, -0.1) is 0 Å². The van der Waals surface area contributed by atoms with Crippen LogP contribution in [0.1, 0.15) is 65.7 Å². The van der Waals surface area contributed by atoms with Crippen LogP contribution < -0.4 is 25.2 Å². The molecule has 0 spiro atoms. The predicted octanol–water partition coefficient (Wildman–Crippen LogP) is 4.28. The number of hydrogen-bond donors (Lipinski definition) is 3. The number of piperidine rings is 2. The number of nitrogens with one attached hydrogen (secondary N) is 2. The molecule has 9 heterocycles. The van der Waals surface area contributed by atoms with Crippen LogP contribution >= 0.6 is 11.6 Å². The summed E-state index contributed by atoms with van der Waals surface area (Å²) in [4.78, 5) is 77.8. The first kappa shape index (κ1) is 46.2. The number of nitrogens with zero attached hydrogens (tertiary/aromatic N) is 9. The lowest BCUT2D eigenvalue weighted by Crippen LogP contribution is -2.54. The molecule has 3 aromatic carbocycles. The number of fused-ring (bicyclic) bond motifs is 5. The highest BCUT2D eigenvalue weighted by atomic mass is 35.5. The van der Waals surface area contributed by atoms with Crippen molar-refractivity contribution in [1.82, 2.24) is 45.2 Å². The number of amides is 4. The molecule has 4 unspecified atom stereocenters. The van der Waals surface area contributed by atoms with Crippen LogP contribution in [0.5, 0.6) is 6.01 Å². The zero-order chi connectivity index (χ0) is 48.7. The van der Waals surface area contributed by atoms with Gasteiger partial charge in [0.05, 0.1) is 16.5 Å². The molecule has 6 atom stereocenters. The van der Waals surface area contributed by atoms with Crippen molar-refractivity contribution in [2.45, 2.75) is 81.4 Å². The summed E-state index contributed by atoms with van der Waals surface area (Å²) in [6, 6.07) is 16.8. The Labute approximate surface area is 415 Å². The standard InChI is InChI=1S/C52H57ClFN11O6/c1-60-27-34(61-16-14-30(15-17-61)49(68)63-20-18-62(19-21-63)33-10-11-36-38(23-33)51(70)65(50(36)69)41-12-13-42(66)57-48(41)67)22-35(60)28-71-52-58-46-39(47(59-52)64-25-31-8-9-32(26-64)56-31)24-55-45(44(46)54)37-6-2-4-29-5-3-7-40(53)43(29)37/h2-7,10-11,23-24,30-32,34-35,41,49,56,68H,8-9,12-22,25-28H2,1H3,(H,57,66,67)/t31?,32?,34-,35-,41?,49?/m0/s1. The molecule has 0 aliphatic carbocycles. The third kappa shape index (κ3) is 8.45. The van der Waals surface area contributed by atoms with E-state index in [0.29, 0.717) is 72.7 Å². The van der Waals surface area contributed by atoms with Crippen molar-refractivity contribution in [1.29, 1.82) is 0 Å². The molecule has 3 N–H and O–H groups in total. The smallest absolute Gasteiger partial charge is 0.319 e. The van der Waals surface area contributed by atoms with E-state index in [-0.39, 0.29) is 53.1 Å². The van der Waals surface area contributed by atoms with E-state index in [2.05, 4.69) is 42.2 Å². The fourth-order valence-electron chi connectivity index (χ4n) is 12.4. The van der Waals surface area contributed by atoms with Gasteiger partial charge in [-0.05, 0) is 88.3 Å². The zero-order valence-electron chi connectivity index (χ0n) is 39.6. The molecular weight excluding hydrogens is 929 g/mol. The Balaban J connectivity index is 0.671. The number of aromatic nitrogens is 3. The minimum atomic E-state index is -1.01. The normalized spacial score (nSPS) is 26.3. The number of pyridine rings is 1. The molecule has 2 aromatic heterocycles. The van der Waals surface area contributed by atoms with Crippen LogP contribution in [0.15, 0.2) is 60.8 Å². The summed E-state index contributed by atoms with van der Waals surface area (Å²) in [5.74, 6) is -1.84. The Hall–Kier alpha value is -5.89. The van der Waals surface area contributed by atoms with Crippen molar-refractivity contribution < 1.29 is 33.4 Å². The molecule has 370 valence electrons. The van der Waals surface area contributed by atoms with Gasteiger partial charge < -0.3 is 25.0 Å². The number of benzene rings is 3. The van der Waals surface area contributed by atoms with Crippen molar-refractivity contribution in [3.05, 3.63) is 82.8 Å². The second-order valence-electron chi connectivity index (χ2n) is 20.5. The molecule has 71 heavy (non-hydrogen) atoms. The van der Waals surface area contributed by atoms with Crippen molar-refractivity contribution in [3.63, 3.8) is 0 Å². The quantitative estimate of drug-likeness (QED) is 0.169. The highest BCUT2D eigenvalue weighted by molar-refractivity contribution is 6.36. The van der Waals surface area contributed by atoms with E-state index in [1.165, 1.54) is 0 Å². The van der Waals surface area contributed by atoms with Gasteiger partial charge in [-0.3, -0.25) is 49.1 Å². The first-order valence-corrected chi connectivity index (χ1v) is 25.5. The first-order chi connectivity index (χ1) is 34.4. The van der Waals surface area contributed by atoms with E-state index in [4.69, 9.17) is 31.3 Å². The summed E-state index contributed by atoms with van der Waals surface area (Å²) in [5.41, 5.74) is 2.28. The Kier molecular flexibility index (Phi) is 12.1. The fraction of sp³-hybridized carbons (Fsp3) is 0.481. The summed E-state index contributed by atoms with van der Waals surface area (Å²) < 4.78 is 23.5. The maximum atomic E-state index is 17.0. The van der Waals surface area contributed by atoms with Crippen LogP contribution in [0.2, 0.25) is 5.02 Å². The second kappa shape index (κ2) is 18.6. The van der Waals surface area contributed by atoms with Gasteiger partial charge in [0.25, 0.3) is 11.8 Å². The Bertz CT molecular complexity index is 2950. The number of rotatable bonds is 10. The average Bonchev–Trinajstić information content (AvgIpc) is 4.02. The molecule has 6 saturated heterocycles. The van der Waals surface area contributed by atoms with Gasteiger partial charge in [0.1, 0.15) is 35.9 Å². The van der Waals surface area contributed by atoms with Crippen molar-refractivity contribution in [2.75, 3.05) is 82.4 Å². The molecule has 6 fully saturated rings. The lowest BCUT2D eigenvalue weighted by Gasteiger charge is -2.43. The molecule has 7 aliphatic heterocycles. The number of ether oxygens (including phenoxy) is 1. The summed E-state index contributed by atoms with van der Waals surface area (Å²) in [6.45, 7) is 7.07.